The predicted molar refractivity (Wildman–Crippen MR) is 101 cm³/mol. The topological polar surface area (TPSA) is 29.5 Å². The Hall–Kier alpha value is -1.71. The number of esters is 1. The molecule has 0 fully saturated rings. The van der Waals surface area contributed by atoms with Gasteiger partial charge in [-0.25, -0.2) is 4.79 Å². The molecule has 0 amide bonds. The summed E-state index contributed by atoms with van der Waals surface area (Å²) in [6.07, 6.45) is 0. The Morgan fingerprint density at radius 1 is 0.958 bits per heavy atom. The Morgan fingerprint density at radius 2 is 1.50 bits per heavy atom. The molecular weight excluding hydrogens is 345 g/mol. The largest absolute Gasteiger partial charge is 0.423 e. The van der Waals surface area contributed by atoms with Gasteiger partial charge in [0, 0.05) is 30.5 Å². The van der Waals surface area contributed by atoms with E-state index in [4.69, 9.17) is 27.9 Å². The van der Waals surface area contributed by atoms with Gasteiger partial charge in [0.05, 0.1) is 5.56 Å². The molecule has 24 heavy (non-hydrogen) atoms. The summed E-state index contributed by atoms with van der Waals surface area (Å²) in [6.45, 7) is 5.25. The summed E-state index contributed by atoms with van der Waals surface area (Å²) in [6, 6.07) is 13.1. The molecule has 5 heteroatoms. The maximum atomic E-state index is 12.4. The van der Waals surface area contributed by atoms with Gasteiger partial charge in [-0.1, -0.05) is 18.2 Å². The molecule has 0 aromatic heterocycles. The molecule has 0 aliphatic carbocycles. The summed E-state index contributed by atoms with van der Waals surface area (Å²) in [5.41, 5.74) is 3.44. The molecule has 0 atom stereocenters. The first-order valence-electron chi connectivity index (χ1n) is 7.82. The van der Waals surface area contributed by atoms with Gasteiger partial charge >= 0.3 is 5.97 Å². The molecule has 0 unspecified atom stereocenters. The summed E-state index contributed by atoms with van der Waals surface area (Å²) >= 11 is 11.7. The third kappa shape index (κ3) is 4.65. The van der Waals surface area contributed by atoms with E-state index < -0.39 is 0 Å². The number of alkyl halides is 2. The van der Waals surface area contributed by atoms with Gasteiger partial charge in [0.15, 0.2) is 0 Å². The van der Waals surface area contributed by atoms with Crippen molar-refractivity contribution in [1.29, 1.82) is 0 Å². The second-order valence-electron chi connectivity index (χ2n) is 5.52. The number of halogens is 2. The van der Waals surface area contributed by atoms with E-state index in [1.807, 2.05) is 44.2 Å². The lowest BCUT2D eigenvalue weighted by molar-refractivity contribution is 0.0733. The Labute approximate surface area is 153 Å². The lowest BCUT2D eigenvalue weighted by atomic mass is 10.0. The average molecular weight is 366 g/mol. The number of carbonyl (C=O) groups excluding carboxylic acids is 1. The molecule has 0 bridgehead atoms. The Bertz CT molecular complexity index is 660. The number of hydrogen-bond acceptors (Lipinski definition) is 3. The minimum absolute atomic E-state index is 0.336. The second kappa shape index (κ2) is 8.95. The molecule has 0 heterocycles. The van der Waals surface area contributed by atoms with Crippen molar-refractivity contribution in [2.75, 3.05) is 29.7 Å². The lowest BCUT2D eigenvalue weighted by Gasteiger charge is -2.22. The third-order valence-electron chi connectivity index (χ3n) is 3.81. The highest BCUT2D eigenvalue weighted by molar-refractivity contribution is 6.18. The van der Waals surface area contributed by atoms with Gasteiger partial charge in [0.2, 0.25) is 0 Å². The Kier molecular flexibility index (Phi) is 6.95. The number of benzene rings is 2. The average Bonchev–Trinajstić information content (AvgIpc) is 2.55. The lowest BCUT2D eigenvalue weighted by Crippen LogP contribution is -2.27. The predicted octanol–water partition coefficient (Wildman–Crippen LogP) is 4.81. The van der Waals surface area contributed by atoms with E-state index in [0.29, 0.717) is 23.1 Å². The van der Waals surface area contributed by atoms with Crippen LogP contribution in [0.4, 0.5) is 5.69 Å². The quantitative estimate of drug-likeness (QED) is 0.400. The molecule has 0 saturated carbocycles. The number of anilines is 1. The molecule has 2 aromatic carbocycles. The number of nitrogens with zero attached hydrogens (tertiary/aromatic N) is 1. The molecule has 0 aliphatic heterocycles. The highest BCUT2D eigenvalue weighted by Crippen LogP contribution is 2.22. The maximum Gasteiger partial charge on any atom is 0.344 e. The summed E-state index contributed by atoms with van der Waals surface area (Å²) in [5, 5.41) is 0. The van der Waals surface area contributed by atoms with Crippen molar-refractivity contribution < 1.29 is 9.53 Å². The first-order chi connectivity index (χ1) is 11.6. The van der Waals surface area contributed by atoms with Gasteiger partial charge in [0.25, 0.3) is 0 Å². The third-order valence-corrected chi connectivity index (χ3v) is 4.14. The zero-order chi connectivity index (χ0) is 17.5. The normalized spacial score (nSPS) is 10.5. The molecule has 0 N–H and O–H groups in total. The van der Waals surface area contributed by atoms with Crippen molar-refractivity contribution in [2.45, 2.75) is 13.8 Å². The summed E-state index contributed by atoms with van der Waals surface area (Å²) in [5.74, 6) is 1.24. The van der Waals surface area contributed by atoms with Crippen LogP contribution in [0, 0.1) is 13.8 Å². The maximum absolute atomic E-state index is 12.4. The van der Waals surface area contributed by atoms with E-state index in [1.165, 1.54) is 0 Å². The zero-order valence-electron chi connectivity index (χ0n) is 13.9. The van der Waals surface area contributed by atoms with Crippen molar-refractivity contribution >= 4 is 34.9 Å². The molecule has 0 aliphatic rings. The van der Waals surface area contributed by atoms with Crippen LogP contribution in [0.2, 0.25) is 0 Å². The van der Waals surface area contributed by atoms with Gasteiger partial charge in [-0.15, -0.1) is 23.2 Å². The van der Waals surface area contributed by atoms with Crippen LogP contribution in [0.15, 0.2) is 42.5 Å². The molecule has 128 valence electrons. The monoisotopic (exact) mass is 365 g/mol. The van der Waals surface area contributed by atoms with E-state index >= 15 is 0 Å². The van der Waals surface area contributed by atoms with Crippen LogP contribution in [0.25, 0.3) is 0 Å². The van der Waals surface area contributed by atoms with E-state index in [1.54, 1.807) is 12.1 Å². The summed E-state index contributed by atoms with van der Waals surface area (Å²) in [7, 11) is 0. The summed E-state index contributed by atoms with van der Waals surface area (Å²) < 4.78 is 5.51. The molecule has 0 spiro atoms. The highest BCUT2D eigenvalue weighted by Gasteiger charge is 2.14. The van der Waals surface area contributed by atoms with Crippen LogP contribution in [-0.4, -0.2) is 30.8 Å². The van der Waals surface area contributed by atoms with Crippen molar-refractivity contribution in [3.05, 3.63) is 59.2 Å². The van der Waals surface area contributed by atoms with Gasteiger partial charge in [-0.05, 0) is 49.2 Å². The van der Waals surface area contributed by atoms with Crippen LogP contribution >= 0.6 is 23.2 Å². The highest BCUT2D eigenvalue weighted by atomic mass is 35.5. The Morgan fingerprint density at radius 3 is 2.00 bits per heavy atom. The minimum atomic E-state index is -0.336. The zero-order valence-corrected chi connectivity index (χ0v) is 15.4. The molecule has 3 nitrogen and oxygen atoms in total. The van der Waals surface area contributed by atoms with E-state index in [2.05, 4.69) is 4.90 Å². The van der Waals surface area contributed by atoms with Crippen molar-refractivity contribution in [3.8, 4) is 5.75 Å². The molecule has 0 saturated heterocycles. The fourth-order valence-corrected chi connectivity index (χ4v) is 3.00. The van der Waals surface area contributed by atoms with Crippen LogP contribution in [-0.2, 0) is 0 Å². The number of rotatable bonds is 7. The van der Waals surface area contributed by atoms with Crippen molar-refractivity contribution in [3.63, 3.8) is 0 Å². The van der Waals surface area contributed by atoms with Crippen molar-refractivity contribution in [2.24, 2.45) is 0 Å². The number of hydrogen-bond donors (Lipinski definition) is 0. The summed E-state index contributed by atoms with van der Waals surface area (Å²) in [4.78, 5) is 14.5. The van der Waals surface area contributed by atoms with Crippen LogP contribution in [0.3, 0.4) is 0 Å². The van der Waals surface area contributed by atoms with Crippen LogP contribution < -0.4 is 9.64 Å². The molecule has 0 radical (unpaired) electrons. The number of aryl methyl sites for hydroxylation is 2. The van der Waals surface area contributed by atoms with Crippen molar-refractivity contribution in [1.82, 2.24) is 0 Å². The van der Waals surface area contributed by atoms with Gasteiger partial charge in [-0.2, -0.15) is 0 Å². The standard InChI is InChI=1S/C19H21Cl2NO2/c1-14-4-3-5-15(2)18(14)19(23)24-17-8-6-16(7-9-17)22(12-10-20)13-11-21/h3-9H,10-13H2,1-2H3. The number of ether oxygens (including phenoxy) is 1. The fraction of sp³-hybridized carbons (Fsp3) is 0.316. The number of carbonyl (C=O) groups is 1. The fourth-order valence-electron chi connectivity index (χ4n) is 2.59. The van der Waals surface area contributed by atoms with E-state index in [9.17, 15) is 4.79 Å². The van der Waals surface area contributed by atoms with E-state index in [-0.39, 0.29) is 5.97 Å². The smallest absolute Gasteiger partial charge is 0.344 e. The second-order valence-corrected chi connectivity index (χ2v) is 6.27. The molecule has 2 aromatic rings. The minimum Gasteiger partial charge on any atom is -0.423 e. The Balaban J connectivity index is 2.12. The van der Waals surface area contributed by atoms with Gasteiger partial charge in [-0.3, -0.25) is 0 Å². The van der Waals surface area contributed by atoms with Crippen LogP contribution in [0.1, 0.15) is 21.5 Å². The van der Waals surface area contributed by atoms with Gasteiger partial charge < -0.3 is 9.64 Å². The van der Waals surface area contributed by atoms with Gasteiger partial charge in [0.1, 0.15) is 5.75 Å². The van der Waals surface area contributed by atoms with Crippen LogP contribution in [0.5, 0.6) is 5.75 Å². The molecular formula is C19H21Cl2NO2. The SMILES string of the molecule is Cc1cccc(C)c1C(=O)Oc1ccc(N(CCCl)CCCl)cc1. The van der Waals surface area contributed by atoms with E-state index in [0.717, 1.165) is 29.9 Å². The first kappa shape index (κ1) is 18.6. The first-order valence-corrected chi connectivity index (χ1v) is 8.89. The molecule has 2 rings (SSSR count).